The molecule has 0 aromatic rings. The number of hydrogen-bond acceptors (Lipinski definition) is 0. The standard InChI is InChI=1S/C14H26.2C11H20.C10H18/c1-12(2)13-7-6-10-14(11-13)8-4-3-5-9-14;1-9(2)11-6-4-10(3,8-11)5-7-11;1-8(2)11-6-9-3-4-10(5-9)7-11;1-8(2)10-5-3-9(7-10)4-6-10/h12-13H,3-11H2,1-2H3;9H,4-8H2,1-3H3;8-11H,3-7H2,1-2H3;8-9H,3-7H2,1-2H3. The first-order valence-electron chi connectivity index (χ1n) is 21.8. The summed E-state index contributed by atoms with van der Waals surface area (Å²) in [4.78, 5) is 0. The van der Waals surface area contributed by atoms with E-state index in [-0.39, 0.29) is 0 Å². The lowest BCUT2D eigenvalue weighted by molar-refractivity contribution is 0.0700. The van der Waals surface area contributed by atoms with Gasteiger partial charge in [0.15, 0.2) is 0 Å². The summed E-state index contributed by atoms with van der Waals surface area (Å²) in [7, 11) is 0. The fraction of sp³-hybridized carbons (Fsp3) is 1.00. The van der Waals surface area contributed by atoms with Crippen molar-refractivity contribution in [2.75, 3.05) is 0 Å². The van der Waals surface area contributed by atoms with E-state index < -0.39 is 0 Å². The van der Waals surface area contributed by atoms with E-state index in [0.29, 0.717) is 0 Å². The minimum absolute atomic E-state index is 0.754. The average Bonchev–Trinajstić information content (AvgIpc) is 3.86. The highest BCUT2D eigenvalue weighted by atomic mass is 14.6. The molecule has 46 heavy (non-hydrogen) atoms. The van der Waals surface area contributed by atoms with E-state index in [9.17, 15) is 0 Å². The zero-order valence-corrected chi connectivity index (χ0v) is 33.2. The van der Waals surface area contributed by atoms with Gasteiger partial charge in [-0.25, -0.2) is 0 Å². The highest BCUT2D eigenvalue weighted by Crippen LogP contribution is 2.64. The van der Waals surface area contributed by atoms with Gasteiger partial charge in [0, 0.05) is 0 Å². The monoisotopic (exact) mass is 637 g/mol. The Morgan fingerprint density at radius 3 is 1.37 bits per heavy atom. The molecule has 3 atom stereocenters. The summed E-state index contributed by atoms with van der Waals surface area (Å²) in [5, 5.41) is 0. The van der Waals surface area contributed by atoms with Gasteiger partial charge < -0.3 is 0 Å². The van der Waals surface area contributed by atoms with Crippen molar-refractivity contribution in [1.29, 1.82) is 0 Å². The summed E-state index contributed by atoms with van der Waals surface area (Å²) in [6, 6.07) is 0. The molecule has 0 radical (unpaired) electrons. The van der Waals surface area contributed by atoms with Gasteiger partial charge in [0.1, 0.15) is 0 Å². The molecule has 8 rings (SSSR count). The Morgan fingerprint density at radius 2 is 0.978 bits per heavy atom. The van der Waals surface area contributed by atoms with E-state index in [4.69, 9.17) is 0 Å². The Hall–Kier alpha value is 0. The molecule has 0 aliphatic heterocycles. The zero-order chi connectivity index (χ0) is 33.2. The minimum atomic E-state index is 0.754. The third kappa shape index (κ3) is 8.83. The Balaban J connectivity index is 0.000000122. The van der Waals surface area contributed by atoms with E-state index in [1.807, 2.05) is 0 Å². The second-order valence-electron chi connectivity index (χ2n) is 21.4. The second-order valence-corrected chi connectivity index (χ2v) is 21.4. The third-order valence-corrected chi connectivity index (χ3v) is 17.2. The van der Waals surface area contributed by atoms with Gasteiger partial charge in [0.05, 0.1) is 0 Å². The maximum absolute atomic E-state index is 2.49. The van der Waals surface area contributed by atoms with E-state index in [1.54, 1.807) is 64.2 Å². The summed E-state index contributed by atoms with van der Waals surface area (Å²) < 4.78 is 0. The van der Waals surface area contributed by atoms with Crippen molar-refractivity contribution in [3.63, 3.8) is 0 Å². The lowest BCUT2D eigenvalue weighted by Crippen LogP contribution is -2.32. The first-order chi connectivity index (χ1) is 21.8. The molecule has 1 spiro atoms. The van der Waals surface area contributed by atoms with Crippen molar-refractivity contribution in [3.8, 4) is 0 Å². The maximum Gasteiger partial charge on any atom is -0.0269 e. The lowest BCUT2D eigenvalue weighted by atomic mass is 9.61. The first kappa shape index (κ1) is 37.3. The van der Waals surface area contributed by atoms with Crippen LogP contribution in [0, 0.1) is 74.9 Å². The molecular formula is C46H84. The summed E-state index contributed by atoms with van der Waals surface area (Å²) in [5.41, 5.74) is 3.15. The van der Waals surface area contributed by atoms with E-state index in [2.05, 4.69) is 62.3 Å². The fourth-order valence-electron chi connectivity index (χ4n) is 13.3. The van der Waals surface area contributed by atoms with Crippen LogP contribution in [-0.2, 0) is 0 Å². The van der Waals surface area contributed by atoms with Crippen LogP contribution in [0.2, 0.25) is 0 Å². The van der Waals surface area contributed by atoms with Gasteiger partial charge in [-0.1, -0.05) is 107 Å². The summed E-state index contributed by atoms with van der Waals surface area (Å²) in [6.45, 7) is 21.8. The van der Waals surface area contributed by atoms with Crippen LogP contribution in [0.15, 0.2) is 0 Å². The van der Waals surface area contributed by atoms with Crippen molar-refractivity contribution in [2.45, 2.75) is 216 Å². The van der Waals surface area contributed by atoms with Crippen molar-refractivity contribution in [1.82, 2.24) is 0 Å². The predicted octanol–water partition coefficient (Wildman–Crippen LogP) is 15.1. The average molecular weight is 637 g/mol. The van der Waals surface area contributed by atoms with Crippen molar-refractivity contribution >= 4 is 0 Å². The van der Waals surface area contributed by atoms with Crippen molar-refractivity contribution < 1.29 is 0 Å². The van der Waals surface area contributed by atoms with Crippen LogP contribution in [0.1, 0.15) is 216 Å². The molecule has 0 aromatic carbocycles. The van der Waals surface area contributed by atoms with Crippen LogP contribution >= 0.6 is 0 Å². The van der Waals surface area contributed by atoms with Gasteiger partial charge in [0.25, 0.3) is 0 Å². The molecule has 0 heteroatoms. The largest absolute Gasteiger partial charge is 0.0625 e. The molecule has 3 unspecified atom stereocenters. The Morgan fingerprint density at radius 1 is 0.435 bits per heavy atom. The molecule has 0 N–H and O–H groups in total. The van der Waals surface area contributed by atoms with Crippen molar-refractivity contribution in [3.05, 3.63) is 0 Å². The topological polar surface area (TPSA) is 0 Å². The Kier molecular flexibility index (Phi) is 12.5. The molecule has 0 saturated heterocycles. The lowest BCUT2D eigenvalue weighted by Gasteiger charge is -2.45. The highest BCUT2D eigenvalue weighted by Gasteiger charge is 2.52. The van der Waals surface area contributed by atoms with Gasteiger partial charge in [-0.3, -0.25) is 0 Å². The van der Waals surface area contributed by atoms with Crippen molar-refractivity contribution in [2.24, 2.45) is 74.9 Å². The first-order valence-corrected chi connectivity index (χ1v) is 21.8. The summed E-state index contributed by atoms with van der Waals surface area (Å²) >= 11 is 0. The molecule has 0 amide bonds. The van der Waals surface area contributed by atoms with Crippen LogP contribution in [0.3, 0.4) is 0 Å². The molecular weight excluding hydrogens is 553 g/mol. The van der Waals surface area contributed by atoms with Gasteiger partial charge in [-0.15, -0.1) is 0 Å². The number of fused-ring (bicyclic) bond motifs is 6. The van der Waals surface area contributed by atoms with E-state index in [1.165, 1.54) is 89.9 Å². The van der Waals surface area contributed by atoms with Crippen LogP contribution in [0.25, 0.3) is 0 Å². The second kappa shape index (κ2) is 15.5. The molecule has 268 valence electrons. The van der Waals surface area contributed by atoms with Crippen LogP contribution < -0.4 is 0 Å². The van der Waals surface area contributed by atoms with Gasteiger partial charge in [-0.2, -0.15) is 0 Å². The molecule has 8 aliphatic rings. The number of hydrogen-bond donors (Lipinski definition) is 0. The summed E-state index contributed by atoms with van der Waals surface area (Å²) in [6.07, 6.45) is 36.8. The minimum Gasteiger partial charge on any atom is -0.0625 e. The Labute approximate surface area is 290 Å². The van der Waals surface area contributed by atoms with Crippen LogP contribution in [0.5, 0.6) is 0 Å². The van der Waals surface area contributed by atoms with Crippen LogP contribution in [-0.4, -0.2) is 0 Å². The van der Waals surface area contributed by atoms with E-state index >= 15 is 0 Å². The molecule has 8 fully saturated rings. The van der Waals surface area contributed by atoms with Crippen LogP contribution in [0.4, 0.5) is 0 Å². The molecule has 0 aromatic heterocycles. The highest BCUT2D eigenvalue weighted by molar-refractivity contribution is 5.03. The molecule has 8 aliphatic carbocycles. The molecule has 0 nitrogen and oxygen atoms in total. The maximum atomic E-state index is 2.49. The van der Waals surface area contributed by atoms with Gasteiger partial charge in [-0.05, 0) is 184 Å². The van der Waals surface area contributed by atoms with Gasteiger partial charge in [0.2, 0.25) is 0 Å². The number of rotatable bonds is 4. The SMILES string of the molecule is CC(C)C12CCC(C)(CC1)C2.CC(C)C12CCC(CC1)C2.CC(C)C1CC2CCC(C2)C1.CC(C)C1CCCC2(CCCCC2)C1. The van der Waals surface area contributed by atoms with E-state index in [0.717, 1.165) is 74.9 Å². The molecule has 8 saturated carbocycles. The Bertz CT molecular complexity index is 879. The molecule has 0 heterocycles. The fourth-order valence-corrected chi connectivity index (χ4v) is 13.3. The zero-order valence-electron chi connectivity index (χ0n) is 33.2. The molecule has 6 bridgehead atoms. The summed E-state index contributed by atoms with van der Waals surface area (Å²) in [5.74, 6) is 9.23. The normalized spacial score (nSPS) is 41.8. The third-order valence-electron chi connectivity index (χ3n) is 17.2. The quantitative estimate of drug-likeness (QED) is 0.288. The predicted molar refractivity (Wildman–Crippen MR) is 203 cm³/mol. The van der Waals surface area contributed by atoms with Gasteiger partial charge >= 0.3 is 0 Å². The smallest absolute Gasteiger partial charge is 0.0269 e.